The predicted molar refractivity (Wildman–Crippen MR) is 89.5 cm³/mol. The van der Waals surface area contributed by atoms with E-state index in [4.69, 9.17) is 18.0 Å². The second-order valence-electron chi connectivity index (χ2n) is 6.16. The zero-order valence-electron chi connectivity index (χ0n) is 12.3. The summed E-state index contributed by atoms with van der Waals surface area (Å²) in [5.41, 5.74) is 7.12. The maximum atomic E-state index is 12.2. The number of nitrogens with two attached hydrogens (primary N) is 1. The molecular formula is C15H22N2O2S2. The van der Waals surface area contributed by atoms with Gasteiger partial charge in [-0.05, 0) is 23.8 Å². The molecule has 1 saturated carbocycles. The monoisotopic (exact) mass is 326 g/mol. The van der Waals surface area contributed by atoms with Crippen molar-refractivity contribution in [2.45, 2.75) is 38.4 Å². The lowest BCUT2D eigenvalue weighted by atomic mass is 9.89. The Morgan fingerprint density at radius 1 is 1.29 bits per heavy atom. The van der Waals surface area contributed by atoms with Gasteiger partial charge in [0.25, 0.3) is 0 Å². The summed E-state index contributed by atoms with van der Waals surface area (Å²) in [7, 11) is -3.31. The quantitative estimate of drug-likeness (QED) is 0.787. The van der Waals surface area contributed by atoms with Crippen molar-refractivity contribution in [3.05, 3.63) is 35.4 Å². The predicted octanol–water partition coefficient (Wildman–Crippen LogP) is 2.32. The van der Waals surface area contributed by atoms with Crippen LogP contribution in [-0.4, -0.2) is 20.0 Å². The summed E-state index contributed by atoms with van der Waals surface area (Å²) in [4.78, 5) is 0.316. The van der Waals surface area contributed by atoms with Crippen LogP contribution in [0.25, 0.3) is 0 Å². The lowest BCUT2D eigenvalue weighted by Crippen LogP contribution is -2.34. The van der Waals surface area contributed by atoms with Gasteiger partial charge in [0, 0.05) is 12.1 Å². The Hall–Kier alpha value is -0.980. The van der Waals surface area contributed by atoms with Crippen molar-refractivity contribution < 1.29 is 8.42 Å². The molecule has 0 amide bonds. The Kier molecular flexibility index (Phi) is 5.01. The molecule has 0 heterocycles. The van der Waals surface area contributed by atoms with E-state index in [1.165, 1.54) is 12.8 Å². The third kappa shape index (κ3) is 4.76. The van der Waals surface area contributed by atoms with Crippen LogP contribution in [0.4, 0.5) is 0 Å². The molecule has 0 unspecified atom stereocenters. The molecule has 1 aromatic carbocycles. The Labute approximate surface area is 132 Å². The van der Waals surface area contributed by atoms with E-state index in [2.05, 4.69) is 11.6 Å². The maximum absolute atomic E-state index is 12.2. The lowest BCUT2D eigenvalue weighted by molar-refractivity contribution is 0.336. The Morgan fingerprint density at radius 3 is 2.38 bits per heavy atom. The first-order valence-corrected chi connectivity index (χ1v) is 9.22. The van der Waals surface area contributed by atoms with E-state index in [9.17, 15) is 8.42 Å². The number of rotatable bonds is 6. The van der Waals surface area contributed by atoms with Crippen LogP contribution in [0.3, 0.4) is 0 Å². The van der Waals surface area contributed by atoms with E-state index in [1.807, 2.05) is 0 Å². The highest BCUT2D eigenvalue weighted by Gasteiger charge is 2.29. The second-order valence-corrected chi connectivity index (χ2v) is 8.41. The second kappa shape index (κ2) is 6.42. The summed E-state index contributed by atoms with van der Waals surface area (Å²) in [5.74, 6) is -0.0132. The van der Waals surface area contributed by atoms with Gasteiger partial charge < -0.3 is 5.73 Å². The normalized spacial score (nSPS) is 17.8. The van der Waals surface area contributed by atoms with Crippen LogP contribution in [0.2, 0.25) is 0 Å². The molecule has 0 bridgehead atoms. The average Bonchev–Trinajstić information content (AvgIpc) is 2.85. The van der Waals surface area contributed by atoms with Gasteiger partial charge in [0.2, 0.25) is 10.0 Å². The lowest BCUT2D eigenvalue weighted by Gasteiger charge is -2.23. The van der Waals surface area contributed by atoms with Gasteiger partial charge in [0.15, 0.2) is 0 Å². The van der Waals surface area contributed by atoms with Crippen molar-refractivity contribution in [2.24, 2.45) is 11.1 Å². The fourth-order valence-electron chi connectivity index (χ4n) is 2.73. The highest BCUT2D eigenvalue weighted by molar-refractivity contribution is 7.88. The van der Waals surface area contributed by atoms with E-state index in [1.54, 1.807) is 24.3 Å². The van der Waals surface area contributed by atoms with Crippen molar-refractivity contribution in [1.82, 2.24) is 4.72 Å². The van der Waals surface area contributed by atoms with Gasteiger partial charge in [-0.2, -0.15) is 0 Å². The number of nitrogens with one attached hydrogen (secondary N) is 1. The number of sulfonamides is 1. The summed E-state index contributed by atoms with van der Waals surface area (Å²) >= 11 is 4.88. The Balaban J connectivity index is 1.95. The molecule has 1 aromatic rings. The first kappa shape index (κ1) is 16.4. The van der Waals surface area contributed by atoms with E-state index in [-0.39, 0.29) is 11.2 Å². The van der Waals surface area contributed by atoms with Crippen molar-refractivity contribution in [3.63, 3.8) is 0 Å². The number of thiocarbonyl (C=S) groups is 1. The van der Waals surface area contributed by atoms with E-state index in [0.717, 1.165) is 24.0 Å². The van der Waals surface area contributed by atoms with Crippen LogP contribution in [-0.2, 0) is 15.8 Å². The molecule has 116 valence electrons. The molecule has 0 aromatic heterocycles. The summed E-state index contributed by atoms with van der Waals surface area (Å²) in [6.45, 7) is 2.68. The molecule has 4 nitrogen and oxygen atoms in total. The fourth-order valence-corrected chi connectivity index (χ4v) is 4.16. The molecule has 0 aliphatic heterocycles. The molecule has 3 N–H and O–H groups in total. The molecule has 0 saturated heterocycles. The largest absolute Gasteiger partial charge is 0.389 e. The zero-order valence-corrected chi connectivity index (χ0v) is 13.9. The van der Waals surface area contributed by atoms with Gasteiger partial charge in [0.1, 0.15) is 4.99 Å². The smallest absolute Gasteiger partial charge is 0.215 e. The van der Waals surface area contributed by atoms with Gasteiger partial charge >= 0.3 is 0 Å². The molecule has 6 heteroatoms. The van der Waals surface area contributed by atoms with Gasteiger partial charge in [-0.1, -0.05) is 56.2 Å². The molecule has 0 radical (unpaired) electrons. The first-order valence-electron chi connectivity index (χ1n) is 7.16. The van der Waals surface area contributed by atoms with E-state index >= 15 is 0 Å². The molecule has 2 rings (SSSR count). The summed E-state index contributed by atoms with van der Waals surface area (Å²) in [6.07, 6.45) is 4.58. The van der Waals surface area contributed by atoms with E-state index in [0.29, 0.717) is 11.5 Å². The number of hydrogen-bond acceptors (Lipinski definition) is 3. The standard InChI is InChI=1S/C15H22N2O2S2/c1-15(8-2-3-9-15)11-17-21(18,19)10-12-4-6-13(7-5-12)14(16)20/h4-7,17H,2-3,8-11H2,1H3,(H2,16,20). The average molecular weight is 326 g/mol. The van der Waals surface area contributed by atoms with Crippen molar-refractivity contribution in [3.8, 4) is 0 Å². The SMILES string of the molecule is CC1(CNS(=O)(=O)Cc2ccc(C(N)=S)cc2)CCCC1. The van der Waals surface area contributed by atoms with Crippen LogP contribution in [0.1, 0.15) is 43.7 Å². The third-order valence-electron chi connectivity index (χ3n) is 4.12. The van der Waals surface area contributed by atoms with Gasteiger partial charge in [-0.3, -0.25) is 0 Å². The first-order chi connectivity index (χ1) is 9.80. The number of hydrogen-bond donors (Lipinski definition) is 2. The molecule has 1 aliphatic rings. The van der Waals surface area contributed by atoms with Gasteiger partial charge in [0.05, 0.1) is 5.75 Å². The van der Waals surface area contributed by atoms with Crippen LogP contribution in [0.5, 0.6) is 0 Å². The van der Waals surface area contributed by atoms with Crippen LogP contribution in [0, 0.1) is 5.41 Å². The Bertz CT molecular complexity index is 603. The van der Waals surface area contributed by atoms with Crippen molar-refractivity contribution >= 4 is 27.2 Å². The Morgan fingerprint density at radius 2 is 1.86 bits per heavy atom. The molecule has 0 atom stereocenters. The topological polar surface area (TPSA) is 72.2 Å². The highest BCUT2D eigenvalue weighted by Crippen LogP contribution is 2.36. The van der Waals surface area contributed by atoms with Gasteiger partial charge in [-0.25, -0.2) is 13.1 Å². The van der Waals surface area contributed by atoms with Crippen LogP contribution >= 0.6 is 12.2 Å². The molecule has 1 aliphatic carbocycles. The van der Waals surface area contributed by atoms with Crippen molar-refractivity contribution in [2.75, 3.05) is 6.54 Å². The summed E-state index contributed by atoms with van der Waals surface area (Å²) in [6, 6.07) is 7.02. The minimum atomic E-state index is -3.31. The zero-order chi connectivity index (χ0) is 15.5. The minimum Gasteiger partial charge on any atom is -0.389 e. The summed E-state index contributed by atoms with van der Waals surface area (Å²) in [5, 5.41) is 0. The molecule has 1 fully saturated rings. The highest BCUT2D eigenvalue weighted by atomic mass is 32.2. The molecule has 0 spiro atoms. The third-order valence-corrected chi connectivity index (χ3v) is 5.66. The minimum absolute atomic E-state index is 0.0132. The van der Waals surface area contributed by atoms with Crippen molar-refractivity contribution in [1.29, 1.82) is 0 Å². The van der Waals surface area contributed by atoms with Gasteiger partial charge in [-0.15, -0.1) is 0 Å². The summed E-state index contributed by atoms with van der Waals surface area (Å²) < 4.78 is 27.1. The van der Waals surface area contributed by atoms with E-state index < -0.39 is 10.0 Å². The molecular weight excluding hydrogens is 304 g/mol. The molecule has 21 heavy (non-hydrogen) atoms. The van der Waals surface area contributed by atoms with Crippen LogP contribution < -0.4 is 10.5 Å². The van der Waals surface area contributed by atoms with Crippen LogP contribution in [0.15, 0.2) is 24.3 Å². The number of benzene rings is 1. The maximum Gasteiger partial charge on any atom is 0.215 e. The fraction of sp³-hybridized carbons (Fsp3) is 0.533.